The molecule has 0 unspecified atom stereocenters. The third kappa shape index (κ3) is 3.60. The maximum absolute atomic E-state index is 12.6. The van der Waals surface area contributed by atoms with Gasteiger partial charge in [-0.25, -0.2) is 4.98 Å². The summed E-state index contributed by atoms with van der Waals surface area (Å²) in [6.07, 6.45) is 1.62. The van der Waals surface area contributed by atoms with Crippen LogP contribution in [0.3, 0.4) is 0 Å². The minimum atomic E-state index is -0.101. The standard InChI is InChI=1S/C18H21N5O/c1-22(2)11-13-4-6-14(7-5-13)12-23(3)18(24)16-9-8-15-17(20-16)10-19-21-15/h4-10H,11-12H2,1-3H3,(H,19,21). The summed E-state index contributed by atoms with van der Waals surface area (Å²) in [5, 5.41) is 6.76. The van der Waals surface area contributed by atoms with Gasteiger partial charge in [-0.15, -0.1) is 0 Å². The number of aromatic nitrogens is 3. The van der Waals surface area contributed by atoms with Crippen molar-refractivity contribution in [3.63, 3.8) is 0 Å². The van der Waals surface area contributed by atoms with Gasteiger partial charge in [0.2, 0.25) is 0 Å². The van der Waals surface area contributed by atoms with E-state index in [1.165, 1.54) is 5.56 Å². The molecule has 0 aliphatic rings. The molecule has 0 fully saturated rings. The Morgan fingerprint density at radius 3 is 2.33 bits per heavy atom. The molecule has 0 saturated carbocycles. The Balaban J connectivity index is 1.69. The highest BCUT2D eigenvalue weighted by Gasteiger charge is 2.14. The normalized spacial score (nSPS) is 11.2. The van der Waals surface area contributed by atoms with Gasteiger partial charge < -0.3 is 9.80 Å². The largest absolute Gasteiger partial charge is 0.336 e. The van der Waals surface area contributed by atoms with Crippen molar-refractivity contribution in [3.05, 3.63) is 59.4 Å². The number of fused-ring (bicyclic) bond motifs is 1. The lowest BCUT2D eigenvalue weighted by Gasteiger charge is -2.17. The Bertz CT molecular complexity index is 838. The molecule has 3 aromatic rings. The summed E-state index contributed by atoms with van der Waals surface area (Å²) in [6, 6.07) is 11.9. The summed E-state index contributed by atoms with van der Waals surface area (Å²) >= 11 is 0. The first-order valence-electron chi connectivity index (χ1n) is 7.81. The van der Waals surface area contributed by atoms with Gasteiger partial charge in [0.25, 0.3) is 5.91 Å². The van der Waals surface area contributed by atoms with Gasteiger partial charge in [-0.1, -0.05) is 24.3 Å². The van der Waals surface area contributed by atoms with E-state index < -0.39 is 0 Å². The van der Waals surface area contributed by atoms with Crippen LogP contribution in [0.2, 0.25) is 0 Å². The molecule has 0 aliphatic heterocycles. The molecule has 0 bridgehead atoms. The number of carbonyl (C=O) groups excluding carboxylic acids is 1. The van der Waals surface area contributed by atoms with Crippen LogP contribution in [-0.2, 0) is 13.1 Å². The van der Waals surface area contributed by atoms with Gasteiger partial charge in [0.15, 0.2) is 0 Å². The van der Waals surface area contributed by atoms with Gasteiger partial charge in [-0.2, -0.15) is 5.10 Å². The Labute approximate surface area is 141 Å². The van der Waals surface area contributed by atoms with Gasteiger partial charge in [-0.3, -0.25) is 9.89 Å². The molecule has 1 N–H and O–H groups in total. The quantitative estimate of drug-likeness (QED) is 0.782. The zero-order valence-electron chi connectivity index (χ0n) is 14.2. The molecule has 0 aliphatic carbocycles. The number of nitrogens with zero attached hydrogens (tertiary/aromatic N) is 4. The SMILES string of the molecule is CN(C)Cc1ccc(CN(C)C(=O)c2ccc3[nH]ncc3n2)cc1. The highest BCUT2D eigenvalue weighted by Crippen LogP contribution is 2.12. The lowest BCUT2D eigenvalue weighted by atomic mass is 10.1. The third-order valence-electron chi connectivity index (χ3n) is 3.80. The van der Waals surface area contributed by atoms with Crippen LogP contribution in [-0.4, -0.2) is 52.0 Å². The van der Waals surface area contributed by atoms with E-state index in [1.807, 2.05) is 20.2 Å². The van der Waals surface area contributed by atoms with Crippen molar-refractivity contribution in [2.24, 2.45) is 0 Å². The molecule has 124 valence electrons. The lowest BCUT2D eigenvalue weighted by molar-refractivity contribution is 0.0779. The molecular formula is C18H21N5O. The molecule has 2 aromatic heterocycles. The first-order chi connectivity index (χ1) is 11.5. The minimum absolute atomic E-state index is 0.101. The first kappa shape index (κ1) is 16.1. The van der Waals surface area contributed by atoms with Gasteiger partial charge >= 0.3 is 0 Å². The number of rotatable bonds is 5. The minimum Gasteiger partial charge on any atom is -0.336 e. The Kier molecular flexibility index (Phi) is 4.57. The molecule has 0 atom stereocenters. The summed E-state index contributed by atoms with van der Waals surface area (Å²) in [5.74, 6) is -0.101. The molecule has 6 heteroatoms. The molecule has 2 heterocycles. The van der Waals surface area contributed by atoms with E-state index in [4.69, 9.17) is 0 Å². The van der Waals surface area contributed by atoms with Crippen molar-refractivity contribution in [1.29, 1.82) is 0 Å². The topological polar surface area (TPSA) is 65.1 Å². The fraction of sp³-hybridized carbons (Fsp3) is 0.278. The van der Waals surface area contributed by atoms with E-state index in [0.29, 0.717) is 17.8 Å². The highest BCUT2D eigenvalue weighted by molar-refractivity contribution is 5.94. The molecule has 1 amide bonds. The van der Waals surface area contributed by atoms with Crippen molar-refractivity contribution < 1.29 is 4.79 Å². The van der Waals surface area contributed by atoms with Gasteiger partial charge in [0, 0.05) is 20.1 Å². The molecule has 1 aromatic carbocycles. The highest BCUT2D eigenvalue weighted by atomic mass is 16.2. The zero-order valence-corrected chi connectivity index (χ0v) is 14.2. The van der Waals surface area contributed by atoms with Gasteiger partial charge in [0.1, 0.15) is 11.2 Å². The summed E-state index contributed by atoms with van der Waals surface area (Å²) in [6.45, 7) is 1.45. The summed E-state index contributed by atoms with van der Waals surface area (Å²) in [5.41, 5.74) is 4.30. The van der Waals surface area contributed by atoms with Gasteiger partial charge in [0.05, 0.1) is 11.7 Å². The molecule has 24 heavy (non-hydrogen) atoms. The van der Waals surface area contributed by atoms with Crippen LogP contribution in [0.5, 0.6) is 0 Å². The Morgan fingerprint density at radius 1 is 1.00 bits per heavy atom. The lowest BCUT2D eigenvalue weighted by Crippen LogP contribution is -2.27. The first-order valence-corrected chi connectivity index (χ1v) is 7.81. The predicted octanol–water partition coefficient (Wildman–Crippen LogP) is 2.29. The van der Waals surface area contributed by atoms with Crippen LogP contribution in [0.1, 0.15) is 21.6 Å². The number of pyridine rings is 1. The number of aromatic amines is 1. The fourth-order valence-corrected chi connectivity index (χ4v) is 2.61. The van der Waals surface area contributed by atoms with E-state index in [-0.39, 0.29) is 5.91 Å². The van der Waals surface area contributed by atoms with Crippen molar-refractivity contribution in [2.45, 2.75) is 13.1 Å². The number of nitrogens with one attached hydrogen (secondary N) is 1. The monoisotopic (exact) mass is 323 g/mol. The van der Waals surface area contributed by atoms with E-state index in [2.05, 4.69) is 44.3 Å². The molecular weight excluding hydrogens is 302 g/mol. The second-order valence-electron chi connectivity index (χ2n) is 6.21. The number of benzene rings is 1. The van der Waals surface area contributed by atoms with Crippen molar-refractivity contribution >= 4 is 16.9 Å². The zero-order chi connectivity index (χ0) is 17.1. The van der Waals surface area contributed by atoms with Gasteiger partial charge in [-0.05, 0) is 37.4 Å². The van der Waals surface area contributed by atoms with Crippen LogP contribution in [0.4, 0.5) is 0 Å². The second-order valence-corrected chi connectivity index (χ2v) is 6.21. The number of hydrogen-bond acceptors (Lipinski definition) is 4. The molecule has 0 spiro atoms. The number of hydrogen-bond donors (Lipinski definition) is 1. The van der Waals surface area contributed by atoms with Crippen molar-refractivity contribution in [3.8, 4) is 0 Å². The predicted molar refractivity (Wildman–Crippen MR) is 93.5 cm³/mol. The number of carbonyl (C=O) groups is 1. The van der Waals surface area contributed by atoms with Crippen LogP contribution in [0.25, 0.3) is 11.0 Å². The Hall–Kier alpha value is -2.73. The molecule has 0 saturated heterocycles. The molecule has 0 radical (unpaired) electrons. The van der Waals surface area contributed by atoms with Crippen molar-refractivity contribution in [1.82, 2.24) is 25.0 Å². The smallest absolute Gasteiger partial charge is 0.272 e. The average molecular weight is 323 g/mol. The number of amides is 1. The summed E-state index contributed by atoms with van der Waals surface area (Å²) < 4.78 is 0. The van der Waals surface area contributed by atoms with Crippen LogP contribution in [0, 0.1) is 0 Å². The van der Waals surface area contributed by atoms with Crippen LogP contribution in [0.15, 0.2) is 42.6 Å². The van der Waals surface area contributed by atoms with E-state index >= 15 is 0 Å². The summed E-state index contributed by atoms with van der Waals surface area (Å²) in [4.78, 5) is 20.7. The Morgan fingerprint density at radius 2 is 1.67 bits per heavy atom. The van der Waals surface area contributed by atoms with E-state index in [1.54, 1.807) is 24.2 Å². The third-order valence-corrected chi connectivity index (χ3v) is 3.80. The van der Waals surface area contributed by atoms with Crippen LogP contribution < -0.4 is 0 Å². The number of H-pyrrole nitrogens is 1. The second kappa shape index (κ2) is 6.80. The average Bonchev–Trinajstić information content (AvgIpc) is 3.03. The molecule has 6 nitrogen and oxygen atoms in total. The van der Waals surface area contributed by atoms with E-state index in [0.717, 1.165) is 17.6 Å². The van der Waals surface area contributed by atoms with E-state index in [9.17, 15) is 4.79 Å². The van der Waals surface area contributed by atoms with Crippen molar-refractivity contribution in [2.75, 3.05) is 21.1 Å². The molecule has 3 rings (SSSR count). The maximum atomic E-state index is 12.6. The maximum Gasteiger partial charge on any atom is 0.272 e. The summed E-state index contributed by atoms with van der Waals surface area (Å²) in [7, 11) is 5.88. The van der Waals surface area contributed by atoms with Crippen LogP contribution >= 0.6 is 0 Å². The fourth-order valence-electron chi connectivity index (χ4n) is 2.61.